The van der Waals surface area contributed by atoms with Gasteiger partial charge in [-0.15, -0.1) is 0 Å². The number of hydrogen-bond donors (Lipinski definition) is 1. The molecule has 1 saturated heterocycles. The van der Waals surface area contributed by atoms with Gasteiger partial charge in [0.05, 0.1) is 0 Å². The molecule has 0 aromatic heterocycles. The third-order valence-electron chi connectivity index (χ3n) is 9.24. The summed E-state index contributed by atoms with van der Waals surface area (Å²) in [6.07, 6.45) is 5.43. The molecule has 5 rings (SSSR count). The van der Waals surface area contributed by atoms with Gasteiger partial charge in [-0.05, 0) is 43.6 Å². The first-order chi connectivity index (χ1) is 14.0. The largest absolute Gasteiger partial charge is 0.458 e. The normalized spacial score (nSPS) is 50.8. The minimum Gasteiger partial charge on any atom is -0.458 e. The molecule has 0 aromatic rings. The number of hydrogen-bond acceptors (Lipinski definition) is 7. The summed E-state index contributed by atoms with van der Waals surface area (Å²) in [5.74, 6) is -1.37. The number of Topliss-reactive ketones (excluding diaryl/α,β-unsaturated/α-hetero) is 2. The second-order valence-electron chi connectivity index (χ2n) is 10.4. The zero-order chi connectivity index (χ0) is 21.7. The molecule has 162 valence electrons. The molecule has 5 aliphatic rings. The molecule has 1 spiro atoms. The van der Waals surface area contributed by atoms with Gasteiger partial charge in [-0.1, -0.05) is 19.9 Å². The van der Waals surface area contributed by atoms with Crippen LogP contribution in [-0.4, -0.2) is 52.3 Å². The zero-order valence-corrected chi connectivity index (χ0v) is 17.6. The number of rotatable bonds is 3. The first-order valence-electron chi connectivity index (χ1n) is 10.8. The van der Waals surface area contributed by atoms with Crippen LogP contribution in [0.2, 0.25) is 0 Å². The van der Waals surface area contributed by atoms with E-state index in [2.05, 4.69) is 0 Å². The van der Waals surface area contributed by atoms with Crippen molar-refractivity contribution in [3.8, 4) is 0 Å². The van der Waals surface area contributed by atoms with Crippen molar-refractivity contribution in [1.29, 1.82) is 0 Å². The molecular formula is C23H28O7. The highest BCUT2D eigenvalue weighted by Gasteiger charge is 2.78. The molecule has 1 N–H and O–H groups in total. The molecule has 7 heteroatoms. The summed E-state index contributed by atoms with van der Waals surface area (Å²) >= 11 is 0. The number of carbonyl (C=O) groups excluding carboxylic acids is 4. The maximum Gasteiger partial charge on any atom is 0.303 e. The van der Waals surface area contributed by atoms with Crippen LogP contribution < -0.4 is 0 Å². The van der Waals surface area contributed by atoms with Crippen LogP contribution in [0.25, 0.3) is 0 Å². The van der Waals surface area contributed by atoms with Gasteiger partial charge in [-0.25, -0.2) is 0 Å². The highest BCUT2D eigenvalue weighted by atomic mass is 16.6. The van der Waals surface area contributed by atoms with Crippen molar-refractivity contribution < 1.29 is 33.8 Å². The second-order valence-corrected chi connectivity index (χ2v) is 10.4. The van der Waals surface area contributed by atoms with Gasteiger partial charge in [-0.2, -0.15) is 0 Å². The minimum absolute atomic E-state index is 0.00359. The minimum atomic E-state index is -1.68. The third kappa shape index (κ3) is 2.18. The number of ether oxygens (including phenoxy) is 2. The quantitative estimate of drug-likeness (QED) is 0.549. The Morgan fingerprint density at radius 3 is 2.67 bits per heavy atom. The fourth-order valence-corrected chi connectivity index (χ4v) is 7.64. The maximum atomic E-state index is 13.6. The first-order valence-corrected chi connectivity index (χ1v) is 10.8. The van der Waals surface area contributed by atoms with Crippen molar-refractivity contribution in [2.45, 2.75) is 70.2 Å². The van der Waals surface area contributed by atoms with Crippen molar-refractivity contribution in [3.05, 3.63) is 12.2 Å². The lowest BCUT2D eigenvalue weighted by molar-refractivity contribution is -0.176. The van der Waals surface area contributed by atoms with Gasteiger partial charge >= 0.3 is 5.97 Å². The Kier molecular flexibility index (Phi) is 3.94. The number of fused-ring (bicyclic) bond motifs is 4. The standard InChI is InChI=1S/C23H28O7/c1-12(24)29-11-17(27)22(28)8-5-14-13-4-9-23-19(30-23)15(25)6-7-20(23,2)18(13)16(26)10-21(14,22)3/h6-7,13-14,18-19,28H,4-5,8-11H2,1-3H3/t13-,14-,18+,19-,20+,21-,22-,23-/m0/s1. The van der Waals surface area contributed by atoms with Gasteiger partial charge in [0.25, 0.3) is 0 Å². The number of aliphatic hydroxyl groups is 1. The van der Waals surface area contributed by atoms with E-state index in [4.69, 9.17) is 9.47 Å². The van der Waals surface area contributed by atoms with E-state index < -0.39 is 46.5 Å². The molecule has 4 fully saturated rings. The van der Waals surface area contributed by atoms with Gasteiger partial charge in [0.15, 0.2) is 18.5 Å². The van der Waals surface area contributed by atoms with E-state index >= 15 is 0 Å². The van der Waals surface area contributed by atoms with Crippen molar-refractivity contribution >= 4 is 23.3 Å². The van der Waals surface area contributed by atoms with E-state index in [1.54, 1.807) is 6.08 Å². The van der Waals surface area contributed by atoms with Crippen LogP contribution >= 0.6 is 0 Å². The van der Waals surface area contributed by atoms with Crippen LogP contribution in [0.5, 0.6) is 0 Å². The molecule has 30 heavy (non-hydrogen) atoms. The van der Waals surface area contributed by atoms with Gasteiger partial charge in [-0.3, -0.25) is 19.2 Å². The Labute approximate surface area is 175 Å². The topological polar surface area (TPSA) is 110 Å². The monoisotopic (exact) mass is 416 g/mol. The summed E-state index contributed by atoms with van der Waals surface area (Å²) in [4.78, 5) is 49.8. The molecule has 1 aliphatic heterocycles. The molecular weight excluding hydrogens is 388 g/mol. The third-order valence-corrected chi connectivity index (χ3v) is 9.24. The van der Waals surface area contributed by atoms with Crippen molar-refractivity contribution in [2.75, 3.05) is 6.61 Å². The Bertz CT molecular complexity index is 907. The van der Waals surface area contributed by atoms with Crippen LogP contribution in [0.15, 0.2) is 12.2 Å². The van der Waals surface area contributed by atoms with E-state index in [-0.39, 0.29) is 42.2 Å². The van der Waals surface area contributed by atoms with Crippen molar-refractivity contribution in [1.82, 2.24) is 0 Å². The van der Waals surface area contributed by atoms with E-state index in [0.29, 0.717) is 12.8 Å². The van der Waals surface area contributed by atoms with Crippen LogP contribution in [-0.2, 0) is 28.7 Å². The summed E-state index contributed by atoms with van der Waals surface area (Å²) < 4.78 is 10.8. The fraction of sp³-hybridized carbons (Fsp3) is 0.739. The lowest BCUT2D eigenvalue weighted by atomic mass is 9.44. The Hall–Kier alpha value is -1.86. The predicted octanol–water partition coefficient (Wildman–Crippen LogP) is 1.55. The maximum absolute atomic E-state index is 13.6. The van der Waals surface area contributed by atoms with Crippen LogP contribution in [0.1, 0.15) is 52.9 Å². The van der Waals surface area contributed by atoms with E-state index in [0.717, 1.165) is 6.42 Å². The fourth-order valence-electron chi connectivity index (χ4n) is 7.64. The molecule has 0 aromatic carbocycles. The summed E-state index contributed by atoms with van der Waals surface area (Å²) in [6.45, 7) is 4.62. The molecule has 0 bridgehead atoms. The molecule has 8 atom stereocenters. The Balaban J connectivity index is 1.49. The summed E-state index contributed by atoms with van der Waals surface area (Å²) in [6, 6.07) is 0. The molecule has 0 radical (unpaired) electrons. The second kappa shape index (κ2) is 5.88. The predicted molar refractivity (Wildman–Crippen MR) is 103 cm³/mol. The van der Waals surface area contributed by atoms with Crippen molar-refractivity contribution in [2.24, 2.45) is 28.6 Å². The van der Waals surface area contributed by atoms with Crippen LogP contribution in [0, 0.1) is 28.6 Å². The average molecular weight is 416 g/mol. The number of ketones is 3. The lowest BCUT2D eigenvalue weighted by Crippen LogP contribution is -2.63. The first kappa shape index (κ1) is 20.1. The molecule has 1 heterocycles. The molecule has 3 saturated carbocycles. The van der Waals surface area contributed by atoms with Gasteiger partial charge in [0.2, 0.25) is 5.78 Å². The number of carbonyl (C=O) groups is 4. The van der Waals surface area contributed by atoms with E-state index in [9.17, 15) is 24.3 Å². The lowest BCUT2D eigenvalue weighted by Gasteiger charge is -2.57. The zero-order valence-electron chi connectivity index (χ0n) is 17.6. The van der Waals surface area contributed by atoms with Gasteiger partial charge < -0.3 is 14.6 Å². The van der Waals surface area contributed by atoms with Crippen molar-refractivity contribution in [3.63, 3.8) is 0 Å². The summed E-state index contributed by atoms with van der Waals surface area (Å²) in [5.41, 5.74) is -3.69. The molecule has 0 unspecified atom stereocenters. The average Bonchev–Trinajstić information content (AvgIpc) is 3.36. The van der Waals surface area contributed by atoms with Gasteiger partial charge in [0.1, 0.15) is 17.0 Å². The number of esters is 1. The Morgan fingerprint density at radius 2 is 1.97 bits per heavy atom. The van der Waals surface area contributed by atoms with Crippen LogP contribution in [0.4, 0.5) is 0 Å². The molecule has 0 amide bonds. The van der Waals surface area contributed by atoms with E-state index in [1.807, 2.05) is 19.9 Å². The highest BCUT2D eigenvalue weighted by molar-refractivity contribution is 5.99. The highest BCUT2D eigenvalue weighted by Crippen LogP contribution is 2.71. The summed E-state index contributed by atoms with van der Waals surface area (Å²) in [7, 11) is 0. The smallest absolute Gasteiger partial charge is 0.303 e. The SMILES string of the molecule is CC(=O)OCC(=O)[C@@]1(O)CC[C@H]2[C@@H]3CC[C@]45O[C@H]4C(=O)C=C[C@]5(C)[C@H]3C(=O)C[C@@]21C. The van der Waals surface area contributed by atoms with E-state index in [1.165, 1.54) is 6.92 Å². The summed E-state index contributed by atoms with van der Waals surface area (Å²) in [5, 5.41) is 11.4. The molecule has 4 aliphatic carbocycles. The Morgan fingerprint density at radius 1 is 1.23 bits per heavy atom. The number of epoxide rings is 1. The molecule has 7 nitrogen and oxygen atoms in total. The van der Waals surface area contributed by atoms with Crippen LogP contribution in [0.3, 0.4) is 0 Å². The van der Waals surface area contributed by atoms with Gasteiger partial charge in [0, 0.05) is 30.1 Å².